The summed E-state index contributed by atoms with van der Waals surface area (Å²) in [4.78, 5) is 2.40. The Balaban J connectivity index is 0.930. The monoisotopic (exact) mass is 765 g/mol. The predicted molar refractivity (Wildman–Crippen MR) is 253 cm³/mol. The van der Waals surface area contributed by atoms with Gasteiger partial charge in [0.2, 0.25) is 0 Å². The number of fused-ring (bicyclic) bond motifs is 4. The van der Waals surface area contributed by atoms with E-state index in [-0.39, 0.29) is 0 Å². The molecule has 0 spiro atoms. The number of furan rings is 1. The van der Waals surface area contributed by atoms with Crippen LogP contribution in [0.4, 0.5) is 17.1 Å². The quantitative estimate of drug-likeness (QED) is 0.143. The fourth-order valence-electron chi connectivity index (χ4n) is 8.57. The number of anilines is 3. The van der Waals surface area contributed by atoms with Crippen LogP contribution in [-0.4, -0.2) is 0 Å². The van der Waals surface area contributed by atoms with Gasteiger partial charge in [-0.05, 0) is 109 Å². The maximum Gasteiger partial charge on any atom is 0.135 e. The van der Waals surface area contributed by atoms with Gasteiger partial charge >= 0.3 is 0 Å². The molecule has 0 fully saturated rings. The third-order valence-corrected chi connectivity index (χ3v) is 11.7. The van der Waals surface area contributed by atoms with Gasteiger partial charge in [0.05, 0.1) is 5.69 Å². The van der Waals surface area contributed by atoms with E-state index in [0.29, 0.717) is 0 Å². The summed E-state index contributed by atoms with van der Waals surface area (Å²) in [6.45, 7) is 0. The first kappa shape index (κ1) is 35.2. The zero-order valence-corrected chi connectivity index (χ0v) is 32.9. The van der Waals surface area contributed by atoms with Gasteiger partial charge in [0.15, 0.2) is 0 Å². The molecule has 0 N–H and O–H groups in total. The van der Waals surface area contributed by atoms with Crippen LogP contribution in [0.3, 0.4) is 0 Å². The Morgan fingerprint density at radius 2 is 0.700 bits per heavy atom. The molecule has 0 aliphatic carbocycles. The Kier molecular flexibility index (Phi) is 8.87. The average Bonchev–Trinajstić information content (AvgIpc) is 3.78. The van der Waals surface area contributed by atoms with E-state index in [1.165, 1.54) is 60.5 Å². The highest BCUT2D eigenvalue weighted by Gasteiger charge is 2.18. The Morgan fingerprint density at radius 1 is 0.267 bits per heavy atom. The molecule has 0 atom stereocenters. The molecule has 0 amide bonds. The third-order valence-electron chi connectivity index (χ3n) is 11.7. The number of hydrogen-bond acceptors (Lipinski definition) is 2. The number of nitrogens with zero attached hydrogens (tertiary/aromatic N) is 1. The summed E-state index contributed by atoms with van der Waals surface area (Å²) in [5.41, 5.74) is 14.8. The summed E-state index contributed by atoms with van der Waals surface area (Å²) >= 11 is 0. The van der Waals surface area contributed by atoms with Crippen molar-refractivity contribution in [3.63, 3.8) is 0 Å². The van der Waals surface area contributed by atoms with Crippen LogP contribution in [0.2, 0.25) is 0 Å². The zero-order valence-electron chi connectivity index (χ0n) is 32.9. The van der Waals surface area contributed by atoms with Crippen LogP contribution in [0, 0.1) is 0 Å². The molecule has 11 aromatic rings. The average molecular weight is 766 g/mol. The third kappa shape index (κ3) is 6.61. The SMILES string of the molecule is c1ccc(-c2ccc(-c3ccc(N(c4ccc(-c5ccc(-c6cccc(-c7cc8ccccc8o7)c6)cc5)cc4)c4cc5ccccc5c5ccccc45)cc3)cc2)cc1. The van der Waals surface area contributed by atoms with Crippen molar-refractivity contribution in [1.82, 2.24) is 0 Å². The van der Waals surface area contributed by atoms with Crippen LogP contribution in [0.1, 0.15) is 0 Å². The molecule has 0 aliphatic heterocycles. The summed E-state index contributed by atoms with van der Waals surface area (Å²) in [5, 5.41) is 6.03. The highest BCUT2D eigenvalue weighted by molar-refractivity contribution is 6.14. The van der Waals surface area contributed by atoms with Crippen molar-refractivity contribution in [2.75, 3.05) is 4.90 Å². The largest absolute Gasteiger partial charge is 0.456 e. The molecular weight excluding hydrogens is 727 g/mol. The minimum Gasteiger partial charge on any atom is -0.456 e. The lowest BCUT2D eigenvalue weighted by atomic mass is 9.97. The van der Waals surface area contributed by atoms with Crippen molar-refractivity contribution in [3.8, 4) is 55.8 Å². The van der Waals surface area contributed by atoms with Gasteiger partial charge in [-0.2, -0.15) is 0 Å². The van der Waals surface area contributed by atoms with Gasteiger partial charge < -0.3 is 9.32 Å². The molecule has 2 nitrogen and oxygen atoms in total. The zero-order chi connectivity index (χ0) is 39.8. The second-order valence-corrected chi connectivity index (χ2v) is 15.3. The molecule has 0 radical (unpaired) electrons. The summed E-state index contributed by atoms with van der Waals surface area (Å²) in [5.74, 6) is 0.880. The van der Waals surface area contributed by atoms with Crippen LogP contribution in [-0.2, 0) is 0 Å². The van der Waals surface area contributed by atoms with E-state index in [0.717, 1.165) is 44.9 Å². The van der Waals surface area contributed by atoms with Crippen LogP contribution in [0.5, 0.6) is 0 Å². The molecule has 0 saturated heterocycles. The van der Waals surface area contributed by atoms with E-state index in [1.54, 1.807) is 0 Å². The molecule has 1 aromatic heterocycles. The van der Waals surface area contributed by atoms with Crippen LogP contribution in [0.15, 0.2) is 241 Å². The van der Waals surface area contributed by atoms with Crippen LogP contribution >= 0.6 is 0 Å². The topological polar surface area (TPSA) is 16.4 Å². The highest BCUT2D eigenvalue weighted by Crippen LogP contribution is 2.43. The predicted octanol–water partition coefficient (Wildman–Crippen LogP) is 16.5. The standard InChI is InChI=1S/C58H39NO/c1-2-11-40(12-3-1)41-21-23-42(24-22-41)44-29-33-51(34-30-44)59(56-38-48-13-4-6-17-53(48)54-18-7-8-19-55(54)56)52-35-31-45(32-36-52)43-25-27-46(28-26-43)47-15-10-16-49(37-47)58-39-50-14-5-9-20-57(50)60-58/h1-39H. The summed E-state index contributed by atoms with van der Waals surface area (Å²) in [6.07, 6.45) is 0. The molecule has 0 unspecified atom stereocenters. The molecular formula is C58H39NO. The first-order valence-electron chi connectivity index (χ1n) is 20.5. The van der Waals surface area contributed by atoms with Gasteiger partial charge in [-0.15, -0.1) is 0 Å². The van der Waals surface area contributed by atoms with E-state index in [1.807, 2.05) is 18.2 Å². The lowest BCUT2D eigenvalue weighted by molar-refractivity contribution is 0.631. The van der Waals surface area contributed by atoms with E-state index in [4.69, 9.17) is 4.42 Å². The van der Waals surface area contributed by atoms with E-state index in [9.17, 15) is 0 Å². The molecule has 282 valence electrons. The maximum atomic E-state index is 6.18. The minimum absolute atomic E-state index is 0.880. The van der Waals surface area contributed by atoms with E-state index < -0.39 is 0 Å². The van der Waals surface area contributed by atoms with Crippen LogP contribution in [0.25, 0.3) is 88.3 Å². The normalized spacial score (nSPS) is 11.3. The second-order valence-electron chi connectivity index (χ2n) is 15.3. The van der Waals surface area contributed by atoms with Gasteiger partial charge in [0, 0.05) is 27.7 Å². The fraction of sp³-hybridized carbons (Fsp3) is 0. The van der Waals surface area contributed by atoms with Crippen molar-refractivity contribution in [3.05, 3.63) is 237 Å². The Labute approximate surface area is 349 Å². The Bertz CT molecular complexity index is 3240. The molecule has 0 saturated carbocycles. The molecule has 10 aromatic carbocycles. The molecule has 0 aliphatic rings. The fourth-order valence-corrected chi connectivity index (χ4v) is 8.57. The highest BCUT2D eigenvalue weighted by atomic mass is 16.3. The molecule has 60 heavy (non-hydrogen) atoms. The lowest BCUT2D eigenvalue weighted by Crippen LogP contribution is -2.10. The molecule has 0 bridgehead atoms. The van der Waals surface area contributed by atoms with E-state index >= 15 is 0 Å². The Hall–Kier alpha value is -7.94. The van der Waals surface area contributed by atoms with Gasteiger partial charge in [-0.1, -0.05) is 188 Å². The number of rotatable bonds is 8. The number of benzene rings is 10. The first-order chi connectivity index (χ1) is 29.7. The van der Waals surface area contributed by atoms with Crippen LogP contribution < -0.4 is 4.90 Å². The van der Waals surface area contributed by atoms with E-state index in [2.05, 4.69) is 223 Å². The van der Waals surface area contributed by atoms with Gasteiger partial charge in [-0.3, -0.25) is 0 Å². The number of para-hydroxylation sites is 1. The smallest absolute Gasteiger partial charge is 0.135 e. The van der Waals surface area contributed by atoms with Crippen molar-refractivity contribution < 1.29 is 4.42 Å². The molecule has 2 heteroatoms. The van der Waals surface area contributed by atoms with Crippen molar-refractivity contribution in [2.24, 2.45) is 0 Å². The van der Waals surface area contributed by atoms with Crippen molar-refractivity contribution in [2.45, 2.75) is 0 Å². The van der Waals surface area contributed by atoms with Crippen molar-refractivity contribution in [1.29, 1.82) is 0 Å². The summed E-state index contributed by atoms with van der Waals surface area (Å²) < 4.78 is 6.18. The van der Waals surface area contributed by atoms with Crippen molar-refractivity contribution >= 4 is 49.6 Å². The van der Waals surface area contributed by atoms with Gasteiger partial charge in [0.25, 0.3) is 0 Å². The van der Waals surface area contributed by atoms with Gasteiger partial charge in [-0.25, -0.2) is 0 Å². The second kappa shape index (κ2) is 15.1. The molecule has 11 rings (SSSR count). The molecule has 1 heterocycles. The summed E-state index contributed by atoms with van der Waals surface area (Å²) in [7, 11) is 0. The minimum atomic E-state index is 0.880. The maximum absolute atomic E-state index is 6.18. The first-order valence-corrected chi connectivity index (χ1v) is 20.5. The Morgan fingerprint density at radius 3 is 1.30 bits per heavy atom. The summed E-state index contributed by atoms with van der Waals surface area (Å²) in [6, 6.07) is 84.9. The lowest BCUT2D eigenvalue weighted by Gasteiger charge is -2.28. The number of hydrogen-bond donors (Lipinski definition) is 0. The van der Waals surface area contributed by atoms with Gasteiger partial charge in [0.1, 0.15) is 11.3 Å².